The van der Waals surface area contributed by atoms with E-state index in [0.717, 1.165) is 15.7 Å². The quantitative estimate of drug-likeness (QED) is 0.367. The Labute approximate surface area is 199 Å². The molecule has 0 amide bonds. The molecule has 0 saturated carbocycles. The summed E-state index contributed by atoms with van der Waals surface area (Å²) in [5, 5.41) is 9.41. The number of carboxylic acids is 1. The first-order chi connectivity index (χ1) is 16.0. The average Bonchev–Trinajstić information content (AvgIpc) is 3.11. The third-order valence-corrected chi connectivity index (χ3v) is 6.97. The molecule has 2 heterocycles. The number of pyridine rings is 1. The second-order valence-electron chi connectivity index (χ2n) is 8.48. The topological polar surface area (TPSA) is 97.2 Å². The number of ether oxygens (including phenoxy) is 1. The van der Waals surface area contributed by atoms with Gasteiger partial charge < -0.3 is 14.8 Å². The second-order valence-corrected chi connectivity index (χ2v) is 10.1. The molecule has 0 atom stereocenters. The van der Waals surface area contributed by atoms with Crippen molar-refractivity contribution in [3.8, 4) is 11.4 Å². The van der Waals surface area contributed by atoms with Crippen LogP contribution >= 0.6 is 11.8 Å². The van der Waals surface area contributed by atoms with Gasteiger partial charge in [-0.15, -0.1) is 11.8 Å². The van der Waals surface area contributed by atoms with E-state index in [4.69, 9.17) is 4.74 Å². The zero-order valence-electron chi connectivity index (χ0n) is 19.4. The summed E-state index contributed by atoms with van der Waals surface area (Å²) >= 11 is 1.48. The lowest BCUT2D eigenvalue weighted by atomic mass is 9.97. The van der Waals surface area contributed by atoms with Gasteiger partial charge in [-0.1, -0.05) is 24.3 Å². The minimum Gasteiger partial charge on any atom is -0.495 e. The van der Waals surface area contributed by atoms with Gasteiger partial charge >= 0.3 is 11.7 Å². The van der Waals surface area contributed by atoms with Crippen molar-refractivity contribution in [3.05, 3.63) is 81.2 Å². The molecule has 0 aliphatic carbocycles. The van der Waals surface area contributed by atoms with Crippen molar-refractivity contribution < 1.29 is 19.0 Å². The number of carboxylic acid groups (broad SMARTS) is 1. The Bertz CT molecular complexity index is 1490. The molecule has 0 radical (unpaired) electrons. The summed E-state index contributed by atoms with van der Waals surface area (Å²) < 4.78 is 21.4. The van der Waals surface area contributed by atoms with Crippen molar-refractivity contribution in [2.24, 2.45) is 0 Å². The number of fused-ring (bicyclic) bond motifs is 1. The smallest absolute Gasteiger partial charge is 0.354 e. The van der Waals surface area contributed by atoms with Crippen molar-refractivity contribution in [2.45, 2.75) is 37.3 Å². The number of thioether (sulfide) groups is 1. The van der Waals surface area contributed by atoms with Gasteiger partial charge in [-0.3, -0.25) is 0 Å². The number of aromatic nitrogens is 3. The molecule has 0 unspecified atom stereocenters. The Morgan fingerprint density at radius 1 is 1.18 bits per heavy atom. The maximum atomic E-state index is 15.3. The van der Waals surface area contributed by atoms with Crippen LogP contribution in [0.5, 0.6) is 5.75 Å². The number of halogens is 1. The highest BCUT2D eigenvalue weighted by atomic mass is 32.2. The second kappa shape index (κ2) is 8.64. The van der Waals surface area contributed by atoms with E-state index in [-0.39, 0.29) is 17.0 Å². The molecule has 176 valence electrons. The predicted molar refractivity (Wildman–Crippen MR) is 130 cm³/mol. The lowest BCUT2D eigenvalue weighted by Gasteiger charge is -2.27. The van der Waals surface area contributed by atoms with Crippen molar-refractivity contribution in [1.82, 2.24) is 14.5 Å². The van der Waals surface area contributed by atoms with Gasteiger partial charge in [-0.05, 0) is 56.5 Å². The van der Waals surface area contributed by atoms with Crippen LogP contribution in [0.25, 0.3) is 16.9 Å². The number of rotatable bonds is 6. The van der Waals surface area contributed by atoms with E-state index >= 15 is 4.39 Å². The van der Waals surface area contributed by atoms with Crippen molar-refractivity contribution >= 4 is 28.9 Å². The van der Waals surface area contributed by atoms with Crippen molar-refractivity contribution in [1.29, 1.82) is 0 Å². The molecule has 7 nitrogen and oxygen atoms in total. The maximum absolute atomic E-state index is 15.3. The summed E-state index contributed by atoms with van der Waals surface area (Å²) in [6.45, 7) is 7.81. The number of imidazole rings is 1. The maximum Gasteiger partial charge on any atom is 0.354 e. The first-order valence-corrected chi connectivity index (χ1v) is 11.3. The van der Waals surface area contributed by atoms with Crippen LogP contribution in [-0.2, 0) is 4.75 Å². The normalized spacial score (nSPS) is 11.7. The Hall–Kier alpha value is -3.59. The molecule has 0 saturated heterocycles. The third kappa shape index (κ3) is 4.07. The number of nitrogens with zero attached hydrogens (tertiary/aromatic N) is 2. The van der Waals surface area contributed by atoms with Crippen LogP contribution < -0.4 is 10.4 Å². The standard InChI is InChI=1S/C25H24FN3O4S/c1-13-8-6-7-9-15(13)25(3,4)34-20-12-18(16(26)11-19(20)33-5)29-22-21(28-24(29)32)14(2)10-17(27-22)23(30)31/h6-12H,1-5H3,(H,28,32)(H,30,31). The van der Waals surface area contributed by atoms with Gasteiger partial charge in [-0.2, -0.15) is 0 Å². The zero-order chi connectivity index (χ0) is 24.8. The number of benzene rings is 2. The number of methoxy groups -OCH3 is 1. The fraction of sp³-hybridized carbons (Fsp3) is 0.240. The van der Waals surface area contributed by atoms with Gasteiger partial charge in [0.05, 0.1) is 23.2 Å². The van der Waals surface area contributed by atoms with E-state index in [9.17, 15) is 14.7 Å². The van der Waals surface area contributed by atoms with Crippen molar-refractivity contribution in [3.63, 3.8) is 0 Å². The lowest BCUT2D eigenvalue weighted by molar-refractivity contribution is 0.0690. The number of carbonyl (C=O) groups is 1. The molecule has 0 spiro atoms. The number of H-pyrrole nitrogens is 1. The van der Waals surface area contributed by atoms with Gasteiger partial charge in [0.1, 0.15) is 5.75 Å². The van der Waals surface area contributed by atoms with Gasteiger partial charge in [0.25, 0.3) is 0 Å². The van der Waals surface area contributed by atoms with Crippen LogP contribution in [0.3, 0.4) is 0 Å². The van der Waals surface area contributed by atoms with E-state index in [0.29, 0.717) is 21.7 Å². The molecular weight excluding hydrogens is 457 g/mol. The average molecular weight is 482 g/mol. The summed E-state index contributed by atoms with van der Waals surface area (Å²) in [7, 11) is 1.46. The molecular formula is C25H24FN3O4S. The Balaban J connectivity index is 1.92. The Morgan fingerprint density at radius 3 is 2.53 bits per heavy atom. The number of hydrogen-bond acceptors (Lipinski definition) is 5. The molecule has 0 fully saturated rings. The lowest BCUT2D eigenvalue weighted by Crippen LogP contribution is -2.18. The van der Waals surface area contributed by atoms with E-state index in [1.54, 1.807) is 6.92 Å². The largest absolute Gasteiger partial charge is 0.495 e. The molecule has 34 heavy (non-hydrogen) atoms. The predicted octanol–water partition coefficient (Wildman–Crippen LogP) is 5.20. The highest BCUT2D eigenvalue weighted by molar-refractivity contribution is 8.00. The van der Waals surface area contributed by atoms with E-state index < -0.39 is 22.2 Å². The Morgan fingerprint density at radius 2 is 1.88 bits per heavy atom. The van der Waals surface area contributed by atoms with Crippen LogP contribution in [0.15, 0.2) is 52.2 Å². The first-order valence-electron chi connectivity index (χ1n) is 10.5. The number of nitrogens with one attached hydrogen (secondary N) is 1. The highest BCUT2D eigenvalue weighted by Crippen LogP contribution is 2.46. The molecule has 4 aromatic rings. The van der Waals surface area contributed by atoms with Crippen molar-refractivity contribution in [2.75, 3.05) is 7.11 Å². The molecule has 2 N–H and O–H groups in total. The molecule has 2 aromatic carbocycles. The van der Waals surface area contributed by atoms with Gasteiger partial charge in [0.15, 0.2) is 17.2 Å². The van der Waals surface area contributed by atoms with E-state index in [1.165, 1.54) is 37.1 Å². The van der Waals surface area contributed by atoms with Crippen LogP contribution in [0.2, 0.25) is 0 Å². The fourth-order valence-corrected chi connectivity index (χ4v) is 5.38. The minimum absolute atomic E-state index is 0.0422. The number of aromatic carboxylic acids is 1. The number of hydrogen-bond donors (Lipinski definition) is 2. The molecule has 4 rings (SSSR count). The van der Waals surface area contributed by atoms with Crippen LogP contribution in [0.1, 0.15) is 41.0 Å². The van der Waals surface area contributed by atoms with E-state index in [1.807, 2.05) is 31.2 Å². The third-order valence-electron chi connectivity index (χ3n) is 5.70. The summed E-state index contributed by atoms with van der Waals surface area (Å²) in [6.07, 6.45) is 0. The molecule has 0 bridgehead atoms. The molecule has 2 aromatic heterocycles. The van der Waals surface area contributed by atoms with Gasteiger partial charge in [0, 0.05) is 10.8 Å². The monoisotopic (exact) mass is 481 g/mol. The first kappa shape index (κ1) is 23.6. The van der Waals surface area contributed by atoms with Gasteiger partial charge in [0.2, 0.25) is 0 Å². The summed E-state index contributed by atoms with van der Waals surface area (Å²) in [4.78, 5) is 31.8. The summed E-state index contributed by atoms with van der Waals surface area (Å²) in [5.41, 5.74) is 2.24. The van der Waals surface area contributed by atoms with Crippen LogP contribution in [0, 0.1) is 19.7 Å². The molecule has 0 aliphatic heterocycles. The highest BCUT2D eigenvalue weighted by Gasteiger charge is 2.27. The molecule has 0 aliphatic rings. The minimum atomic E-state index is -1.24. The summed E-state index contributed by atoms with van der Waals surface area (Å²) in [5.74, 6) is -1.61. The zero-order valence-corrected chi connectivity index (χ0v) is 20.2. The van der Waals surface area contributed by atoms with Crippen LogP contribution in [-0.4, -0.2) is 32.7 Å². The van der Waals surface area contributed by atoms with E-state index in [2.05, 4.69) is 23.8 Å². The number of aryl methyl sites for hydroxylation is 2. The molecule has 9 heteroatoms. The SMILES string of the molecule is COc1cc(F)c(-n2c(=O)[nH]c3c(C)cc(C(=O)O)nc32)cc1SC(C)(C)c1ccccc1C. The number of aromatic amines is 1. The fourth-order valence-electron chi connectivity index (χ4n) is 4.08. The van der Waals surface area contributed by atoms with Crippen LogP contribution in [0.4, 0.5) is 4.39 Å². The summed E-state index contributed by atoms with van der Waals surface area (Å²) in [6, 6.07) is 12.1. The Kier molecular flexibility index (Phi) is 5.99. The van der Waals surface area contributed by atoms with Gasteiger partial charge in [-0.25, -0.2) is 23.5 Å².